The van der Waals surface area contributed by atoms with Gasteiger partial charge in [0.05, 0.1) is 23.1 Å². The highest BCUT2D eigenvalue weighted by Crippen LogP contribution is 2.52. The van der Waals surface area contributed by atoms with Crippen LogP contribution in [0.4, 0.5) is 4.79 Å². The number of halogens is 2. The zero-order valence-electron chi connectivity index (χ0n) is 27.8. The van der Waals surface area contributed by atoms with Gasteiger partial charge in [-0.3, -0.25) is 14.5 Å². The molecule has 17 heteroatoms. The Hall–Kier alpha value is -4.31. The maximum Gasteiger partial charge on any atom is 0.413 e. The van der Waals surface area contributed by atoms with Crippen molar-refractivity contribution in [3.05, 3.63) is 80.3 Å². The van der Waals surface area contributed by atoms with Crippen LogP contribution in [0.3, 0.4) is 0 Å². The number of aliphatic hydroxyl groups excluding tert-OH is 1. The van der Waals surface area contributed by atoms with Crippen LogP contribution in [0.5, 0.6) is 0 Å². The standard InChI is InChI=1S/C34H35Cl2N3O11S/c1-18-26-24(10-11-40)29(41)39(26)27(33(45)49-16-47-31(43)19-6-4-8-21(35)12-19)28(18)51-23-14-25(30(42)37(2)3)38(15-23)34(46)50-17-48-32(44)20-7-5-9-22(36)13-20/h4-9,12-13,18,23-26,40H,10-11,14-17H2,1-3H3/t18-,23+,24+,25+,26-/m1/s1. The van der Waals surface area contributed by atoms with Crippen molar-refractivity contribution in [3.63, 3.8) is 0 Å². The van der Waals surface area contributed by atoms with Crippen LogP contribution in [0.15, 0.2) is 59.1 Å². The van der Waals surface area contributed by atoms with Gasteiger partial charge < -0.3 is 33.9 Å². The minimum Gasteiger partial charge on any atom is -0.424 e. The first-order valence-electron chi connectivity index (χ1n) is 15.8. The summed E-state index contributed by atoms with van der Waals surface area (Å²) < 4.78 is 20.7. The number of aliphatic hydroxyl groups is 1. The Bertz CT molecular complexity index is 1760. The molecule has 3 aliphatic heterocycles. The average Bonchev–Trinajstić information content (AvgIpc) is 3.63. The van der Waals surface area contributed by atoms with Gasteiger partial charge in [-0.2, -0.15) is 0 Å². The summed E-state index contributed by atoms with van der Waals surface area (Å²) in [5.41, 5.74) is 0.285. The number of thioether (sulfide) groups is 1. The number of carbonyl (C=O) groups is 6. The van der Waals surface area contributed by atoms with Crippen molar-refractivity contribution in [1.82, 2.24) is 14.7 Å². The van der Waals surface area contributed by atoms with Crippen molar-refractivity contribution in [2.24, 2.45) is 11.8 Å². The van der Waals surface area contributed by atoms with Crippen molar-refractivity contribution in [1.29, 1.82) is 0 Å². The number of rotatable bonds is 12. The number of benzene rings is 2. The third-order valence-corrected chi connectivity index (χ3v) is 10.7. The molecule has 0 bridgehead atoms. The number of esters is 3. The van der Waals surface area contributed by atoms with Gasteiger partial charge in [-0.15, -0.1) is 11.8 Å². The Balaban J connectivity index is 1.30. The molecular formula is C34H35Cl2N3O11S. The van der Waals surface area contributed by atoms with E-state index in [0.717, 1.165) is 0 Å². The number of likely N-dealkylation sites (tertiary alicyclic amines) is 1. The first kappa shape index (κ1) is 37.9. The number of likely N-dealkylation sites (N-methyl/N-ethyl adjacent to an activating group) is 1. The van der Waals surface area contributed by atoms with E-state index in [1.54, 1.807) is 38.4 Å². The molecule has 0 radical (unpaired) electrons. The molecule has 3 heterocycles. The van der Waals surface area contributed by atoms with E-state index in [1.165, 1.54) is 50.7 Å². The molecule has 5 rings (SSSR count). The van der Waals surface area contributed by atoms with E-state index in [9.17, 15) is 33.9 Å². The van der Waals surface area contributed by atoms with Crippen molar-refractivity contribution in [2.45, 2.75) is 37.1 Å². The number of amides is 3. The molecule has 1 N–H and O–H groups in total. The normalized spacial score (nSPS) is 22.2. The molecule has 2 saturated heterocycles. The van der Waals surface area contributed by atoms with Gasteiger partial charge in [0.1, 0.15) is 11.7 Å². The smallest absolute Gasteiger partial charge is 0.413 e. The molecule has 0 unspecified atom stereocenters. The number of β-lactam (4-membered cyclic amide) rings is 1. The van der Waals surface area contributed by atoms with E-state index in [0.29, 0.717) is 15.0 Å². The lowest BCUT2D eigenvalue weighted by Gasteiger charge is -2.45. The number of ether oxygens (including phenoxy) is 4. The molecule has 2 aromatic carbocycles. The molecular weight excluding hydrogens is 729 g/mol. The van der Waals surface area contributed by atoms with Gasteiger partial charge in [-0.05, 0) is 49.2 Å². The number of hydrogen-bond acceptors (Lipinski definition) is 12. The predicted molar refractivity (Wildman–Crippen MR) is 183 cm³/mol. The molecule has 51 heavy (non-hydrogen) atoms. The maximum absolute atomic E-state index is 13.5. The fourth-order valence-corrected chi connectivity index (χ4v) is 8.20. The van der Waals surface area contributed by atoms with Crippen molar-refractivity contribution in [2.75, 3.05) is 40.8 Å². The highest BCUT2D eigenvalue weighted by atomic mass is 35.5. The number of hydrogen-bond donors (Lipinski definition) is 1. The topological polar surface area (TPSA) is 169 Å². The SMILES string of the molecule is C[C@H]1C(S[C@H]2C[C@@H](C(=O)N(C)C)N(C(=O)OCOC(=O)c3cccc(Cl)c3)C2)=C(C(=O)OCOC(=O)c2cccc(Cl)c2)N2C(=O)[C@@H](CCO)[C@@H]12. The van der Waals surface area contributed by atoms with Crippen LogP contribution in [0.2, 0.25) is 10.0 Å². The second kappa shape index (κ2) is 16.4. The summed E-state index contributed by atoms with van der Waals surface area (Å²) in [6.07, 6.45) is -0.520. The van der Waals surface area contributed by atoms with Gasteiger partial charge in [0.15, 0.2) is 0 Å². The van der Waals surface area contributed by atoms with Crippen molar-refractivity contribution < 1.29 is 52.8 Å². The van der Waals surface area contributed by atoms with Crippen molar-refractivity contribution >= 4 is 70.8 Å². The fourth-order valence-electron chi connectivity index (χ4n) is 6.30. The molecule has 0 saturated carbocycles. The van der Waals surface area contributed by atoms with E-state index in [2.05, 4.69) is 0 Å². The second-order valence-corrected chi connectivity index (χ2v) is 14.4. The molecule has 14 nitrogen and oxygen atoms in total. The summed E-state index contributed by atoms with van der Waals surface area (Å²) in [6.45, 7) is 0.180. The summed E-state index contributed by atoms with van der Waals surface area (Å²) in [7, 11) is 3.09. The van der Waals surface area contributed by atoms with Gasteiger partial charge in [0.25, 0.3) is 0 Å². The highest BCUT2D eigenvalue weighted by Gasteiger charge is 2.59. The Morgan fingerprint density at radius 2 is 1.47 bits per heavy atom. The molecule has 2 aromatic rings. The van der Waals surface area contributed by atoms with E-state index >= 15 is 0 Å². The lowest BCUT2D eigenvalue weighted by atomic mass is 9.80. The number of nitrogens with zero attached hydrogens (tertiary/aromatic N) is 3. The Kier molecular flexibility index (Phi) is 12.2. The van der Waals surface area contributed by atoms with E-state index in [4.69, 9.17) is 42.1 Å². The summed E-state index contributed by atoms with van der Waals surface area (Å²) in [4.78, 5) is 82.4. The zero-order valence-corrected chi connectivity index (χ0v) is 30.1. The van der Waals surface area contributed by atoms with Gasteiger partial charge >= 0.3 is 24.0 Å². The van der Waals surface area contributed by atoms with Gasteiger partial charge in [-0.25, -0.2) is 19.2 Å². The van der Waals surface area contributed by atoms with E-state index in [-0.39, 0.29) is 60.5 Å². The first-order valence-corrected chi connectivity index (χ1v) is 17.5. The van der Waals surface area contributed by atoms with Crippen LogP contribution < -0.4 is 0 Å². The van der Waals surface area contributed by atoms with E-state index < -0.39 is 60.8 Å². The quantitative estimate of drug-likeness (QED) is 0.188. The minimum atomic E-state index is -0.937. The van der Waals surface area contributed by atoms with Gasteiger partial charge in [0, 0.05) is 53.4 Å². The zero-order chi connectivity index (χ0) is 37.0. The molecule has 0 aromatic heterocycles. The number of fused-ring (bicyclic) bond motifs is 1. The van der Waals surface area contributed by atoms with Crippen LogP contribution in [0.25, 0.3) is 0 Å². The lowest BCUT2D eigenvalue weighted by molar-refractivity contribution is -0.161. The molecule has 3 aliphatic rings. The van der Waals surface area contributed by atoms with Gasteiger partial charge in [0.2, 0.25) is 25.4 Å². The van der Waals surface area contributed by atoms with Crippen LogP contribution in [0, 0.1) is 11.8 Å². The molecule has 3 amide bonds. The van der Waals surface area contributed by atoms with Crippen LogP contribution in [-0.4, -0.2) is 114 Å². The Morgan fingerprint density at radius 1 is 0.902 bits per heavy atom. The Morgan fingerprint density at radius 3 is 2.02 bits per heavy atom. The second-order valence-electron chi connectivity index (χ2n) is 12.2. The molecule has 5 atom stereocenters. The van der Waals surface area contributed by atoms with E-state index in [1.807, 2.05) is 6.92 Å². The fraction of sp³-hybridized carbons (Fsp3) is 0.412. The third-order valence-electron chi connectivity index (χ3n) is 8.69. The monoisotopic (exact) mass is 763 g/mol. The number of carbonyl (C=O) groups excluding carboxylic acids is 6. The van der Waals surface area contributed by atoms with Crippen LogP contribution >= 0.6 is 35.0 Å². The highest BCUT2D eigenvalue weighted by molar-refractivity contribution is 8.03. The maximum atomic E-state index is 13.5. The van der Waals surface area contributed by atoms with Crippen LogP contribution in [-0.2, 0) is 33.3 Å². The third kappa shape index (κ3) is 8.27. The molecule has 272 valence electrons. The first-order chi connectivity index (χ1) is 24.3. The predicted octanol–water partition coefficient (Wildman–Crippen LogP) is 3.94. The Labute approximate surface area is 307 Å². The average molecular weight is 765 g/mol. The summed E-state index contributed by atoms with van der Waals surface area (Å²) in [5, 5.41) is 9.79. The summed E-state index contributed by atoms with van der Waals surface area (Å²) in [6, 6.07) is 10.7. The summed E-state index contributed by atoms with van der Waals surface area (Å²) in [5.74, 6) is -4.07. The lowest BCUT2D eigenvalue weighted by Crippen LogP contribution is -2.60. The summed E-state index contributed by atoms with van der Waals surface area (Å²) >= 11 is 13.1. The molecule has 0 spiro atoms. The van der Waals surface area contributed by atoms with Crippen LogP contribution in [0.1, 0.15) is 40.5 Å². The largest absolute Gasteiger partial charge is 0.424 e. The molecule has 2 fully saturated rings. The van der Waals surface area contributed by atoms with Crippen molar-refractivity contribution in [3.8, 4) is 0 Å². The minimum absolute atomic E-state index is 0.0183. The molecule has 0 aliphatic carbocycles. The van der Waals surface area contributed by atoms with Gasteiger partial charge in [-0.1, -0.05) is 42.3 Å².